The Morgan fingerprint density at radius 2 is 1.73 bits per heavy atom. The van der Waals surface area contributed by atoms with Crippen molar-refractivity contribution in [3.63, 3.8) is 0 Å². The van der Waals surface area contributed by atoms with E-state index >= 15 is 0 Å². The van der Waals surface area contributed by atoms with E-state index < -0.39 is 15.7 Å². The van der Waals surface area contributed by atoms with Crippen LogP contribution in [0.4, 0.5) is 0 Å². The van der Waals surface area contributed by atoms with Crippen LogP contribution in [0.5, 0.6) is 0 Å². The Morgan fingerprint density at radius 1 is 1.27 bits per heavy atom. The van der Waals surface area contributed by atoms with Gasteiger partial charge in [0.1, 0.15) is 0 Å². The molecule has 0 aliphatic carbocycles. The van der Waals surface area contributed by atoms with E-state index in [9.17, 15) is 9.90 Å². The molecule has 0 aliphatic rings. The summed E-state index contributed by atoms with van der Waals surface area (Å²) in [5.74, 6) is -0.602. The van der Waals surface area contributed by atoms with Gasteiger partial charge in [0.25, 0.3) is 0 Å². The van der Waals surface area contributed by atoms with Crippen molar-refractivity contribution >= 4 is 40.6 Å². The number of aliphatic hydroxyl groups is 1. The van der Waals surface area contributed by atoms with Crippen LogP contribution < -0.4 is 0 Å². The summed E-state index contributed by atoms with van der Waals surface area (Å²) in [6.07, 6.45) is -1.65. The maximum absolute atomic E-state index is 11.6. The average molecular weight is 268 g/mol. The Bertz CT molecular complexity index is 354. The lowest BCUT2D eigenvalue weighted by Crippen LogP contribution is -2.33. The molecule has 0 saturated heterocycles. The number of hydrogen-bond donors (Lipinski definition) is 1. The number of carbonyl (C=O) groups excluding carboxylic acids is 1. The number of Topliss-reactive ketones (excluding diaryl/α,β-unsaturated/α-hetero) is 1. The first-order chi connectivity index (χ1) is 6.82. The highest BCUT2D eigenvalue weighted by atomic mass is 35.6. The molecule has 0 heterocycles. The van der Waals surface area contributed by atoms with Gasteiger partial charge >= 0.3 is 0 Å². The summed E-state index contributed by atoms with van der Waals surface area (Å²) in [6, 6.07) is 6.66. The van der Waals surface area contributed by atoms with E-state index in [0.29, 0.717) is 5.56 Å². The van der Waals surface area contributed by atoms with Crippen molar-refractivity contribution in [3.05, 3.63) is 35.4 Å². The Balaban J connectivity index is 2.90. The number of aryl methyl sites for hydroxylation is 1. The summed E-state index contributed by atoms with van der Waals surface area (Å²) in [4.78, 5) is 11.6. The minimum atomic E-state index is -2.00. The maximum Gasteiger partial charge on any atom is 0.223 e. The molecule has 1 N–H and O–H groups in total. The number of hydrogen-bond acceptors (Lipinski definition) is 2. The van der Waals surface area contributed by atoms with Gasteiger partial charge in [-0.2, -0.15) is 0 Å². The lowest BCUT2D eigenvalue weighted by atomic mass is 10.1. The smallest absolute Gasteiger partial charge is 0.223 e. The van der Waals surface area contributed by atoms with Gasteiger partial charge in [-0.25, -0.2) is 0 Å². The fourth-order valence-electron chi connectivity index (χ4n) is 1.02. The molecule has 1 rings (SSSR count). The largest absolute Gasteiger partial charge is 0.380 e. The molecule has 0 spiro atoms. The number of aliphatic hydroxyl groups excluding tert-OH is 1. The molecule has 0 saturated carbocycles. The molecule has 0 radical (unpaired) electrons. The van der Waals surface area contributed by atoms with Crippen LogP contribution in [0.1, 0.15) is 15.9 Å². The van der Waals surface area contributed by atoms with Crippen LogP contribution in [0.3, 0.4) is 0 Å². The molecule has 1 aromatic carbocycles. The van der Waals surface area contributed by atoms with Crippen LogP contribution in [0.15, 0.2) is 24.3 Å². The summed E-state index contributed by atoms with van der Waals surface area (Å²) in [5, 5.41) is 9.43. The maximum atomic E-state index is 11.6. The monoisotopic (exact) mass is 266 g/mol. The number of carbonyl (C=O) groups is 1. The quantitative estimate of drug-likeness (QED) is 0.661. The summed E-state index contributed by atoms with van der Waals surface area (Å²) >= 11 is 16.3. The van der Waals surface area contributed by atoms with Gasteiger partial charge in [0.15, 0.2) is 11.9 Å². The summed E-state index contributed by atoms with van der Waals surface area (Å²) in [6.45, 7) is 1.89. The van der Waals surface area contributed by atoms with E-state index in [0.717, 1.165) is 5.56 Å². The van der Waals surface area contributed by atoms with Crippen LogP contribution >= 0.6 is 34.8 Å². The van der Waals surface area contributed by atoms with E-state index in [1.54, 1.807) is 24.3 Å². The molecule has 1 atom stereocenters. The Kier molecular flexibility index (Phi) is 4.01. The molecule has 5 heteroatoms. The van der Waals surface area contributed by atoms with E-state index in [2.05, 4.69) is 0 Å². The van der Waals surface area contributed by atoms with Gasteiger partial charge in [0.05, 0.1) is 0 Å². The zero-order valence-corrected chi connectivity index (χ0v) is 10.1. The zero-order chi connectivity index (χ0) is 11.6. The molecule has 0 fully saturated rings. The van der Waals surface area contributed by atoms with Gasteiger partial charge in [-0.05, 0) is 6.92 Å². The first-order valence-corrected chi connectivity index (χ1v) is 5.31. The second-order valence-corrected chi connectivity index (χ2v) is 5.54. The van der Waals surface area contributed by atoms with E-state index in [1.165, 1.54) is 0 Å². The SMILES string of the molecule is Cc1ccc(C(=O)C(O)C(Cl)(Cl)Cl)cc1. The molecule has 1 unspecified atom stereocenters. The van der Waals surface area contributed by atoms with Crippen molar-refractivity contribution < 1.29 is 9.90 Å². The molecule has 1 aromatic rings. The van der Waals surface area contributed by atoms with Gasteiger partial charge in [-0.15, -0.1) is 0 Å². The van der Waals surface area contributed by atoms with Gasteiger partial charge in [0.2, 0.25) is 3.79 Å². The van der Waals surface area contributed by atoms with Crippen LogP contribution in [0.2, 0.25) is 0 Å². The molecule has 0 bridgehead atoms. The van der Waals surface area contributed by atoms with Crippen LogP contribution in [-0.4, -0.2) is 20.8 Å². The number of halogens is 3. The highest BCUT2D eigenvalue weighted by Gasteiger charge is 2.36. The molecule has 0 aromatic heterocycles. The molecular formula is C10H9Cl3O2. The zero-order valence-electron chi connectivity index (χ0n) is 7.88. The van der Waals surface area contributed by atoms with E-state index in [-0.39, 0.29) is 0 Å². The molecule has 15 heavy (non-hydrogen) atoms. The van der Waals surface area contributed by atoms with E-state index in [4.69, 9.17) is 34.8 Å². The standard InChI is InChI=1S/C10H9Cl3O2/c1-6-2-4-7(5-3-6)8(14)9(15)10(11,12)13/h2-5,9,15H,1H3. The van der Waals surface area contributed by atoms with Crippen LogP contribution in [0, 0.1) is 6.92 Å². The van der Waals surface area contributed by atoms with E-state index in [1.807, 2.05) is 6.92 Å². The fraction of sp³-hybridized carbons (Fsp3) is 0.300. The normalized spacial score (nSPS) is 13.7. The Labute approximate surface area is 103 Å². The third kappa shape index (κ3) is 3.35. The topological polar surface area (TPSA) is 37.3 Å². The van der Waals surface area contributed by atoms with Crippen LogP contribution in [-0.2, 0) is 0 Å². The first kappa shape index (κ1) is 12.8. The number of benzene rings is 1. The molecule has 2 nitrogen and oxygen atoms in total. The summed E-state index contributed by atoms with van der Waals surface area (Å²) in [5.41, 5.74) is 1.33. The predicted molar refractivity (Wildman–Crippen MR) is 61.8 cm³/mol. The molecular weight excluding hydrogens is 258 g/mol. The van der Waals surface area contributed by atoms with Crippen molar-refractivity contribution in [2.24, 2.45) is 0 Å². The molecule has 0 amide bonds. The highest BCUT2D eigenvalue weighted by Crippen LogP contribution is 2.31. The van der Waals surface area contributed by atoms with Crippen molar-refractivity contribution in [2.45, 2.75) is 16.8 Å². The molecule has 0 aliphatic heterocycles. The van der Waals surface area contributed by atoms with Crippen molar-refractivity contribution in [2.75, 3.05) is 0 Å². The van der Waals surface area contributed by atoms with Crippen molar-refractivity contribution in [1.82, 2.24) is 0 Å². The van der Waals surface area contributed by atoms with Gasteiger partial charge in [-0.3, -0.25) is 4.79 Å². The summed E-state index contributed by atoms with van der Waals surface area (Å²) in [7, 11) is 0. The predicted octanol–water partition coefficient (Wildman–Crippen LogP) is 2.91. The Morgan fingerprint density at radius 3 is 2.13 bits per heavy atom. The molecule has 82 valence electrons. The third-order valence-corrected chi connectivity index (χ3v) is 2.51. The van der Waals surface area contributed by atoms with Crippen molar-refractivity contribution in [3.8, 4) is 0 Å². The van der Waals surface area contributed by atoms with Crippen LogP contribution in [0.25, 0.3) is 0 Å². The first-order valence-electron chi connectivity index (χ1n) is 4.18. The van der Waals surface area contributed by atoms with Crippen molar-refractivity contribution in [1.29, 1.82) is 0 Å². The minimum absolute atomic E-state index is 0.319. The second kappa shape index (κ2) is 4.71. The second-order valence-electron chi connectivity index (χ2n) is 3.17. The highest BCUT2D eigenvalue weighted by molar-refractivity contribution is 6.69. The lowest BCUT2D eigenvalue weighted by Gasteiger charge is -2.17. The number of alkyl halides is 3. The minimum Gasteiger partial charge on any atom is -0.380 e. The summed E-state index contributed by atoms with van der Waals surface area (Å²) < 4.78 is -2.00. The number of rotatable bonds is 2. The van der Waals surface area contributed by atoms with Gasteiger partial charge in [-0.1, -0.05) is 64.6 Å². The Hall–Kier alpha value is -0.280. The fourth-order valence-corrected chi connectivity index (χ4v) is 1.32. The van der Waals surface area contributed by atoms with Gasteiger partial charge in [0, 0.05) is 5.56 Å². The van der Waals surface area contributed by atoms with Gasteiger partial charge < -0.3 is 5.11 Å². The lowest BCUT2D eigenvalue weighted by molar-refractivity contribution is 0.0755. The number of ketones is 1. The average Bonchev–Trinajstić information content (AvgIpc) is 2.15. The third-order valence-electron chi connectivity index (χ3n) is 1.89.